The maximum absolute atomic E-state index is 5.78. The van der Waals surface area contributed by atoms with E-state index >= 15 is 0 Å². The van der Waals surface area contributed by atoms with Gasteiger partial charge in [0, 0.05) is 0 Å². The fourth-order valence-corrected chi connectivity index (χ4v) is 2.50. The van der Waals surface area contributed by atoms with Gasteiger partial charge in [-0.3, -0.25) is 0 Å². The van der Waals surface area contributed by atoms with Crippen LogP contribution in [0.5, 0.6) is 0 Å². The third-order valence-electron chi connectivity index (χ3n) is 1.61. The van der Waals surface area contributed by atoms with Gasteiger partial charge in [0.15, 0.2) is 0 Å². The van der Waals surface area contributed by atoms with Gasteiger partial charge in [-0.2, -0.15) is 0 Å². The van der Waals surface area contributed by atoms with Gasteiger partial charge in [-0.05, 0) is 23.0 Å². The fourth-order valence-electron chi connectivity index (χ4n) is 1.02. The normalized spacial score (nSPS) is 31.1. The second-order valence-corrected chi connectivity index (χ2v) is 4.59. The number of rotatable bonds is 2. The molecule has 0 aromatic carbocycles. The molecule has 0 aromatic rings. The predicted molar refractivity (Wildman–Crippen MR) is 60.4 cm³/mol. The first kappa shape index (κ1) is 9.19. The topological polar surface area (TPSA) is 9.23 Å². The van der Waals surface area contributed by atoms with Crippen molar-refractivity contribution in [1.82, 2.24) is 0 Å². The van der Waals surface area contributed by atoms with Crippen molar-refractivity contribution >= 4 is 23.5 Å². The summed E-state index contributed by atoms with van der Waals surface area (Å²) in [6.07, 6.45) is 12.2. The lowest BCUT2D eigenvalue weighted by atomic mass is 10.4. The molecule has 0 spiro atoms. The predicted octanol–water partition coefficient (Wildman–Crippen LogP) is 3.29. The minimum absolute atomic E-state index is 0.165. The van der Waals surface area contributed by atoms with Crippen molar-refractivity contribution in [1.29, 1.82) is 0 Å². The van der Waals surface area contributed by atoms with Crippen molar-refractivity contribution in [3.8, 4) is 0 Å². The first-order chi connectivity index (χ1) is 6.45. The highest BCUT2D eigenvalue weighted by Crippen LogP contribution is 2.27. The Morgan fingerprint density at radius 3 is 1.69 bits per heavy atom. The number of thioether (sulfide) groups is 2. The molecule has 2 heterocycles. The van der Waals surface area contributed by atoms with Gasteiger partial charge in [-0.15, -0.1) is 0 Å². The fraction of sp³-hybridized carbons (Fsp3) is 0.200. The third kappa shape index (κ3) is 2.79. The Bertz CT molecular complexity index is 251. The van der Waals surface area contributed by atoms with Crippen LogP contribution in [0.25, 0.3) is 0 Å². The summed E-state index contributed by atoms with van der Waals surface area (Å²) in [5.74, 6) is 0. The van der Waals surface area contributed by atoms with Gasteiger partial charge in [0.25, 0.3) is 0 Å². The lowest BCUT2D eigenvalue weighted by Crippen LogP contribution is -2.13. The smallest absolute Gasteiger partial charge is 0.127 e. The molecule has 2 unspecified atom stereocenters. The molecule has 0 saturated heterocycles. The first-order valence-electron chi connectivity index (χ1n) is 4.08. The van der Waals surface area contributed by atoms with Gasteiger partial charge in [0.2, 0.25) is 0 Å². The highest BCUT2D eigenvalue weighted by molar-refractivity contribution is 8.03. The van der Waals surface area contributed by atoms with Crippen molar-refractivity contribution in [3.63, 3.8) is 0 Å². The average Bonchev–Trinajstić information content (AvgIpc) is 2.21. The zero-order valence-corrected chi connectivity index (χ0v) is 8.63. The maximum atomic E-state index is 5.78. The Labute approximate surface area is 86.6 Å². The van der Waals surface area contributed by atoms with Crippen LogP contribution in [-0.2, 0) is 4.74 Å². The molecular weight excluding hydrogens is 200 g/mol. The molecule has 1 nitrogen and oxygen atoms in total. The molecular formula is C10H10OS2. The summed E-state index contributed by atoms with van der Waals surface area (Å²) < 4.78 is 5.78. The van der Waals surface area contributed by atoms with Gasteiger partial charge in [0.05, 0.1) is 0 Å². The maximum Gasteiger partial charge on any atom is 0.127 e. The van der Waals surface area contributed by atoms with Crippen molar-refractivity contribution in [3.05, 3.63) is 47.3 Å². The molecule has 0 radical (unpaired) electrons. The molecule has 0 amide bonds. The van der Waals surface area contributed by atoms with Crippen molar-refractivity contribution < 1.29 is 4.74 Å². The van der Waals surface area contributed by atoms with Gasteiger partial charge in [-0.1, -0.05) is 47.8 Å². The van der Waals surface area contributed by atoms with E-state index in [1.807, 2.05) is 24.3 Å². The van der Waals surface area contributed by atoms with Crippen LogP contribution in [0, 0.1) is 0 Å². The van der Waals surface area contributed by atoms with Crippen LogP contribution in [0.15, 0.2) is 47.3 Å². The van der Waals surface area contributed by atoms with Crippen LogP contribution < -0.4 is 0 Å². The Kier molecular flexibility index (Phi) is 3.35. The zero-order valence-electron chi connectivity index (χ0n) is 7.00. The summed E-state index contributed by atoms with van der Waals surface area (Å²) in [4.78, 5) is 0. The molecule has 0 saturated carbocycles. The molecule has 0 aromatic heterocycles. The van der Waals surface area contributed by atoms with E-state index in [9.17, 15) is 0 Å². The second kappa shape index (κ2) is 4.74. The van der Waals surface area contributed by atoms with Gasteiger partial charge in [-0.25, -0.2) is 0 Å². The highest BCUT2D eigenvalue weighted by atomic mass is 32.2. The van der Waals surface area contributed by atoms with E-state index < -0.39 is 0 Å². The van der Waals surface area contributed by atoms with Crippen LogP contribution in [0.2, 0.25) is 0 Å². The summed E-state index contributed by atoms with van der Waals surface area (Å²) in [7, 11) is 0. The van der Waals surface area contributed by atoms with Gasteiger partial charge < -0.3 is 4.74 Å². The van der Waals surface area contributed by atoms with E-state index in [1.54, 1.807) is 23.5 Å². The summed E-state index contributed by atoms with van der Waals surface area (Å²) >= 11 is 3.39. The van der Waals surface area contributed by atoms with E-state index in [0.717, 1.165) is 0 Å². The Morgan fingerprint density at radius 1 is 0.769 bits per heavy atom. The van der Waals surface area contributed by atoms with Crippen molar-refractivity contribution in [2.24, 2.45) is 0 Å². The molecule has 13 heavy (non-hydrogen) atoms. The molecule has 0 bridgehead atoms. The van der Waals surface area contributed by atoms with Crippen molar-refractivity contribution in [2.45, 2.75) is 10.9 Å². The lowest BCUT2D eigenvalue weighted by Gasteiger charge is -2.19. The van der Waals surface area contributed by atoms with E-state index in [-0.39, 0.29) is 10.9 Å². The van der Waals surface area contributed by atoms with Crippen LogP contribution in [0.4, 0.5) is 0 Å². The molecule has 2 rings (SSSR count). The monoisotopic (exact) mass is 210 g/mol. The lowest BCUT2D eigenvalue weighted by molar-refractivity contribution is 0.147. The number of ether oxygens (including phenoxy) is 1. The van der Waals surface area contributed by atoms with Crippen LogP contribution in [0.3, 0.4) is 0 Å². The molecule has 2 aliphatic rings. The quantitative estimate of drug-likeness (QED) is 0.692. The molecule has 2 atom stereocenters. The molecule has 3 heteroatoms. The molecule has 0 aliphatic carbocycles. The molecule has 68 valence electrons. The van der Waals surface area contributed by atoms with E-state index in [4.69, 9.17) is 4.74 Å². The van der Waals surface area contributed by atoms with Gasteiger partial charge >= 0.3 is 0 Å². The van der Waals surface area contributed by atoms with Crippen molar-refractivity contribution in [2.75, 3.05) is 0 Å². The Hall–Kier alpha value is -0.380. The molecule has 2 aliphatic heterocycles. The zero-order chi connectivity index (χ0) is 8.93. The van der Waals surface area contributed by atoms with Gasteiger partial charge in [0.1, 0.15) is 10.9 Å². The minimum atomic E-state index is 0.165. The molecule has 0 fully saturated rings. The summed E-state index contributed by atoms with van der Waals surface area (Å²) in [6.45, 7) is 0. The number of hydrogen-bond acceptors (Lipinski definition) is 3. The Morgan fingerprint density at radius 2 is 1.31 bits per heavy atom. The van der Waals surface area contributed by atoms with E-state index in [1.165, 1.54) is 0 Å². The SMILES string of the molecule is C1=CSC(OC2C=CC=CS2)C=C1. The van der Waals surface area contributed by atoms with E-state index in [0.29, 0.717) is 0 Å². The number of allylic oxidation sites excluding steroid dienone is 4. The summed E-state index contributed by atoms with van der Waals surface area (Å²) in [6, 6.07) is 0. The number of hydrogen-bond donors (Lipinski definition) is 0. The van der Waals surface area contributed by atoms with Crippen LogP contribution >= 0.6 is 23.5 Å². The van der Waals surface area contributed by atoms with Crippen LogP contribution in [-0.4, -0.2) is 10.9 Å². The molecule has 0 N–H and O–H groups in total. The Balaban J connectivity index is 1.84. The average molecular weight is 210 g/mol. The largest absolute Gasteiger partial charge is 0.345 e. The third-order valence-corrected chi connectivity index (χ3v) is 3.31. The second-order valence-electron chi connectivity index (χ2n) is 2.57. The summed E-state index contributed by atoms with van der Waals surface area (Å²) in [5.41, 5.74) is 0.331. The first-order valence-corrected chi connectivity index (χ1v) is 5.97. The highest BCUT2D eigenvalue weighted by Gasteiger charge is 2.13. The standard InChI is InChI=1S/C10H10OS2/c1-3-7-12-9(5-1)11-10-6-2-4-8-13-10/h1-10H. The van der Waals surface area contributed by atoms with E-state index in [2.05, 4.69) is 23.0 Å². The van der Waals surface area contributed by atoms with Crippen LogP contribution in [0.1, 0.15) is 0 Å². The summed E-state index contributed by atoms with van der Waals surface area (Å²) in [5, 5.41) is 4.11. The minimum Gasteiger partial charge on any atom is -0.345 e.